The Morgan fingerprint density at radius 2 is 1.89 bits per heavy atom. The molecule has 4 heteroatoms. The fraction of sp³-hybridized carbons (Fsp3) is 0.200. The number of amides is 1. The number of aromatic nitrogens is 1. The molecule has 0 spiro atoms. The summed E-state index contributed by atoms with van der Waals surface area (Å²) in [5, 5.41) is 0. The summed E-state index contributed by atoms with van der Waals surface area (Å²) in [6, 6.07) is 15.5. The number of benzene rings is 1. The molecule has 1 aliphatic rings. The van der Waals surface area contributed by atoms with Crippen molar-refractivity contribution in [3.63, 3.8) is 0 Å². The van der Waals surface area contributed by atoms with Crippen LogP contribution in [0.25, 0.3) is 11.3 Å². The van der Waals surface area contributed by atoms with E-state index in [2.05, 4.69) is 4.98 Å². The number of nitrogens with zero attached hydrogens (tertiary/aromatic N) is 2. The minimum absolute atomic E-state index is 0.0465. The third-order valence-electron chi connectivity index (χ3n) is 3.24. The van der Waals surface area contributed by atoms with Crippen LogP contribution in [0.3, 0.4) is 0 Å². The van der Waals surface area contributed by atoms with Gasteiger partial charge in [-0.05, 0) is 12.1 Å². The highest BCUT2D eigenvalue weighted by Gasteiger charge is 2.28. The molecule has 96 valence electrons. The quantitative estimate of drug-likeness (QED) is 0.888. The summed E-state index contributed by atoms with van der Waals surface area (Å²) in [6.07, 6.45) is 0.400. The Balaban J connectivity index is 1.95. The van der Waals surface area contributed by atoms with Gasteiger partial charge in [-0.25, -0.2) is 4.98 Å². The predicted octanol–water partition coefficient (Wildman–Crippen LogP) is 1.81. The molecule has 3 rings (SSSR count). The van der Waals surface area contributed by atoms with Crippen LogP contribution in [0.4, 0.5) is 5.82 Å². The SMILES string of the molecule is NC1CC(=O)N(c2cccc(-c3ccccc3)n2)C1. The van der Waals surface area contributed by atoms with Gasteiger partial charge in [-0.3, -0.25) is 9.69 Å². The first-order valence-corrected chi connectivity index (χ1v) is 6.32. The van der Waals surface area contributed by atoms with Gasteiger partial charge in [0.05, 0.1) is 5.69 Å². The third-order valence-corrected chi connectivity index (χ3v) is 3.24. The lowest BCUT2D eigenvalue weighted by Gasteiger charge is -2.15. The Bertz CT molecular complexity index is 597. The van der Waals surface area contributed by atoms with Gasteiger partial charge >= 0.3 is 0 Å². The van der Waals surface area contributed by atoms with Crippen molar-refractivity contribution in [3.05, 3.63) is 48.5 Å². The van der Waals surface area contributed by atoms with E-state index in [9.17, 15) is 4.79 Å². The fourth-order valence-corrected chi connectivity index (χ4v) is 2.30. The molecular weight excluding hydrogens is 238 g/mol. The lowest BCUT2D eigenvalue weighted by molar-refractivity contribution is -0.117. The number of carbonyl (C=O) groups is 1. The molecule has 1 aliphatic heterocycles. The van der Waals surface area contributed by atoms with E-state index < -0.39 is 0 Å². The number of hydrogen-bond acceptors (Lipinski definition) is 3. The Morgan fingerprint density at radius 3 is 2.58 bits per heavy atom. The first kappa shape index (κ1) is 11.9. The smallest absolute Gasteiger partial charge is 0.229 e. The van der Waals surface area contributed by atoms with Crippen LogP contribution in [0.15, 0.2) is 48.5 Å². The summed E-state index contributed by atoms with van der Waals surface area (Å²) in [5.74, 6) is 0.726. The monoisotopic (exact) mass is 253 g/mol. The van der Waals surface area contributed by atoms with Gasteiger partial charge in [0, 0.05) is 24.6 Å². The highest BCUT2D eigenvalue weighted by molar-refractivity contribution is 5.95. The molecule has 1 atom stereocenters. The summed E-state index contributed by atoms with van der Waals surface area (Å²) in [7, 11) is 0. The highest BCUT2D eigenvalue weighted by Crippen LogP contribution is 2.23. The Kier molecular flexibility index (Phi) is 3.01. The Morgan fingerprint density at radius 1 is 1.11 bits per heavy atom. The largest absolute Gasteiger partial charge is 0.326 e. The van der Waals surface area contributed by atoms with Gasteiger partial charge in [-0.2, -0.15) is 0 Å². The van der Waals surface area contributed by atoms with E-state index >= 15 is 0 Å². The molecule has 1 unspecified atom stereocenters. The molecule has 1 fully saturated rings. The maximum absolute atomic E-state index is 11.8. The summed E-state index contributed by atoms with van der Waals surface area (Å²) in [5.41, 5.74) is 7.72. The van der Waals surface area contributed by atoms with Crippen molar-refractivity contribution < 1.29 is 4.79 Å². The normalized spacial score (nSPS) is 18.9. The van der Waals surface area contributed by atoms with Crippen molar-refractivity contribution >= 4 is 11.7 Å². The number of hydrogen-bond donors (Lipinski definition) is 1. The van der Waals surface area contributed by atoms with E-state index in [0.29, 0.717) is 18.8 Å². The predicted molar refractivity (Wildman–Crippen MR) is 74.6 cm³/mol. The maximum atomic E-state index is 11.8. The minimum atomic E-state index is -0.0883. The molecule has 0 saturated carbocycles. The lowest BCUT2D eigenvalue weighted by atomic mass is 10.1. The van der Waals surface area contributed by atoms with Crippen LogP contribution in [-0.2, 0) is 4.79 Å². The van der Waals surface area contributed by atoms with Crippen molar-refractivity contribution in [3.8, 4) is 11.3 Å². The fourth-order valence-electron chi connectivity index (χ4n) is 2.30. The van der Waals surface area contributed by atoms with E-state index in [-0.39, 0.29) is 11.9 Å². The van der Waals surface area contributed by atoms with E-state index in [4.69, 9.17) is 5.73 Å². The summed E-state index contributed by atoms with van der Waals surface area (Å²) in [4.78, 5) is 18.1. The molecule has 2 heterocycles. The van der Waals surface area contributed by atoms with Crippen LogP contribution in [-0.4, -0.2) is 23.5 Å². The van der Waals surface area contributed by atoms with E-state index in [0.717, 1.165) is 11.3 Å². The number of rotatable bonds is 2. The van der Waals surface area contributed by atoms with Crippen LogP contribution in [0.2, 0.25) is 0 Å². The molecule has 19 heavy (non-hydrogen) atoms. The molecule has 2 N–H and O–H groups in total. The lowest BCUT2D eigenvalue weighted by Crippen LogP contribution is -2.28. The zero-order chi connectivity index (χ0) is 13.2. The van der Waals surface area contributed by atoms with E-state index in [1.54, 1.807) is 4.90 Å². The summed E-state index contributed by atoms with van der Waals surface area (Å²) in [6.45, 7) is 0.546. The van der Waals surface area contributed by atoms with Gasteiger partial charge in [-0.1, -0.05) is 36.4 Å². The average Bonchev–Trinajstić information content (AvgIpc) is 2.79. The van der Waals surface area contributed by atoms with Crippen molar-refractivity contribution in [2.45, 2.75) is 12.5 Å². The van der Waals surface area contributed by atoms with Gasteiger partial charge in [0.25, 0.3) is 0 Å². The second-order valence-corrected chi connectivity index (χ2v) is 4.72. The van der Waals surface area contributed by atoms with Crippen molar-refractivity contribution in [2.75, 3.05) is 11.4 Å². The van der Waals surface area contributed by atoms with Crippen molar-refractivity contribution in [1.29, 1.82) is 0 Å². The topological polar surface area (TPSA) is 59.2 Å². The summed E-state index contributed by atoms with van der Waals surface area (Å²) < 4.78 is 0. The van der Waals surface area contributed by atoms with Crippen molar-refractivity contribution in [1.82, 2.24) is 4.98 Å². The molecule has 0 radical (unpaired) electrons. The third kappa shape index (κ3) is 2.35. The highest BCUT2D eigenvalue weighted by atomic mass is 16.2. The standard InChI is InChI=1S/C15H15N3O/c16-12-9-15(19)18(10-12)14-8-4-7-13(17-14)11-5-2-1-3-6-11/h1-8,12H,9-10,16H2. The first-order valence-electron chi connectivity index (χ1n) is 6.32. The number of pyridine rings is 1. The summed E-state index contributed by atoms with van der Waals surface area (Å²) >= 11 is 0. The number of anilines is 1. The molecule has 1 aromatic carbocycles. The zero-order valence-corrected chi connectivity index (χ0v) is 10.5. The van der Waals surface area contributed by atoms with E-state index in [1.807, 2.05) is 48.5 Å². The molecule has 1 saturated heterocycles. The maximum Gasteiger partial charge on any atom is 0.229 e. The van der Waals surface area contributed by atoms with Gasteiger partial charge in [0.1, 0.15) is 5.82 Å². The van der Waals surface area contributed by atoms with Crippen LogP contribution in [0.1, 0.15) is 6.42 Å². The average molecular weight is 253 g/mol. The van der Waals surface area contributed by atoms with Crippen molar-refractivity contribution in [2.24, 2.45) is 5.73 Å². The second-order valence-electron chi connectivity index (χ2n) is 4.72. The Labute approximate surface area is 111 Å². The molecule has 1 aromatic heterocycles. The van der Waals surface area contributed by atoms with Gasteiger partial charge in [0.2, 0.25) is 5.91 Å². The van der Waals surface area contributed by atoms with Gasteiger partial charge in [-0.15, -0.1) is 0 Å². The molecule has 0 bridgehead atoms. The zero-order valence-electron chi connectivity index (χ0n) is 10.5. The molecule has 0 aliphatic carbocycles. The number of carbonyl (C=O) groups excluding carboxylic acids is 1. The van der Waals surface area contributed by atoms with Gasteiger partial charge < -0.3 is 5.73 Å². The van der Waals surface area contributed by atoms with E-state index in [1.165, 1.54) is 0 Å². The van der Waals surface area contributed by atoms with Crippen LogP contribution in [0, 0.1) is 0 Å². The van der Waals surface area contributed by atoms with Crippen LogP contribution < -0.4 is 10.6 Å². The molecule has 2 aromatic rings. The first-order chi connectivity index (χ1) is 9.24. The second kappa shape index (κ2) is 4.82. The number of nitrogens with two attached hydrogens (primary N) is 1. The molecule has 4 nitrogen and oxygen atoms in total. The molecular formula is C15H15N3O. The molecule has 1 amide bonds. The Hall–Kier alpha value is -2.20. The minimum Gasteiger partial charge on any atom is -0.326 e. The van der Waals surface area contributed by atoms with Crippen LogP contribution in [0.5, 0.6) is 0 Å². The van der Waals surface area contributed by atoms with Gasteiger partial charge in [0.15, 0.2) is 0 Å². The van der Waals surface area contributed by atoms with Crippen LogP contribution >= 0.6 is 0 Å².